The van der Waals surface area contributed by atoms with Crippen molar-refractivity contribution in [3.8, 4) is 0 Å². The molecule has 2 aromatic carbocycles. The van der Waals surface area contributed by atoms with Gasteiger partial charge in [0.25, 0.3) is 0 Å². The standard InChI is InChI=1S/C24H33N3O4S/c1-18-11-13-21(14-12-18)17-26(20(3)24(29)25-4)23(28)10-7-15-27(32(5,30)31)22-9-6-8-19(2)16-22/h6,8-9,11-14,16,20H,7,10,15,17H2,1-5H3,(H,25,29)/t20-/m1/s1. The molecule has 0 radical (unpaired) electrons. The van der Waals surface area contributed by atoms with Gasteiger partial charge in [-0.3, -0.25) is 13.9 Å². The van der Waals surface area contributed by atoms with Gasteiger partial charge in [0.1, 0.15) is 6.04 Å². The number of hydrogen-bond acceptors (Lipinski definition) is 4. The Kier molecular flexibility index (Phi) is 8.83. The Balaban J connectivity index is 2.13. The van der Waals surface area contributed by atoms with Gasteiger partial charge in [0.05, 0.1) is 11.9 Å². The van der Waals surface area contributed by atoms with Gasteiger partial charge in [-0.1, -0.05) is 42.0 Å². The summed E-state index contributed by atoms with van der Waals surface area (Å²) in [5, 5.41) is 2.60. The normalized spacial score (nSPS) is 12.2. The highest BCUT2D eigenvalue weighted by Gasteiger charge is 2.26. The van der Waals surface area contributed by atoms with Crippen LogP contribution in [-0.2, 0) is 26.2 Å². The number of amides is 2. The van der Waals surface area contributed by atoms with Crippen molar-refractivity contribution < 1.29 is 18.0 Å². The van der Waals surface area contributed by atoms with E-state index in [9.17, 15) is 18.0 Å². The van der Waals surface area contributed by atoms with Crippen LogP contribution >= 0.6 is 0 Å². The fraction of sp³-hybridized carbons (Fsp3) is 0.417. The predicted octanol–water partition coefficient (Wildman–Crippen LogP) is 3.01. The highest BCUT2D eigenvalue weighted by atomic mass is 32.2. The first kappa shape index (κ1) is 25.4. The lowest BCUT2D eigenvalue weighted by atomic mass is 10.1. The molecule has 8 heteroatoms. The van der Waals surface area contributed by atoms with Crippen LogP contribution in [0.5, 0.6) is 0 Å². The Morgan fingerprint density at radius 2 is 1.69 bits per heavy atom. The van der Waals surface area contributed by atoms with E-state index in [0.29, 0.717) is 18.7 Å². The van der Waals surface area contributed by atoms with Crippen molar-refractivity contribution in [2.24, 2.45) is 0 Å². The summed E-state index contributed by atoms with van der Waals surface area (Å²) in [6.07, 6.45) is 1.63. The lowest BCUT2D eigenvalue weighted by molar-refractivity contribution is -0.140. The van der Waals surface area contributed by atoms with Crippen LogP contribution in [0.25, 0.3) is 0 Å². The number of nitrogens with zero attached hydrogens (tertiary/aromatic N) is 2. The van der Waals surface area contributed by atoms with E-state index in [1.807, 2.05) is 50.2 Å². The number of carbonyl (C=O) groups is 2. The molecule has 0 aromatic heterocycles. The summed E-state index contributed by atoms with van der Waals surface area (Å²) in [4.78, 5) is 26.9. The van der Waals surface area contributed by atoms with E-state index in [1.54, 1.807) is 31.0 Å². The molecular formula is C24H33N3O4S. The molecule has 0 spiro atoms. The summed E-state index contributed by atoms with van der Waals surface area (Å²) in [5.41, 5.74) is 3.58. The molecular weight excluding hydrogens is 426 g/mol. The average molecular weight is 460 g/mol. The third-order valence-electron chi connectivity index (χ3n) is 5.33. The van der Waals surface area contributed by atoms with Crippen molar-refractivity contribution in [1.82, 2.24) is 10.2 Å². The van der Waals surface area contributed by atoms with Crippen molar-refractivity contribution in [3.63, 3.8) is 0 Å². The number of sulfonamides is 1. The Morgan fingerprint density at radius 3 is 2.25 bits per heavy atom. The first-order valence-corrected chi connectivity index (χ1v) is 12.5. The molecule has 0 saturated carbocycles. The third-order valence-corrected chi connectivity index (χ3v) is 6.52. The zero-order valence-corrected chi connectivity index (χ0v) is 20.3. The van der Waals surface area contributed by atoms with Gasteiger partial charge in [0, 0.05) is 26.6 Å². The minimum atomic E-state index is -3.49. The number of benzene rings is 2. The maximum absolute atomic E-state index is 13.1. The van der Waals surface area contributed by atoms with E-state index < -0.39 is 16.1 Å². The summed E-state index contributed by atoms with van der Waals surface area (Å²) < 4.78 is 26.0. The fourth-order valence-corrected chi connectivity index (χ4v) is 4.43. The molecule has 0 aliphatic carbocycles. The summed E-state index contributed by atoms with van der Waals surface area (Å²) in [6, 6.07) is 14.4. The monoisotopic (exact) mass is 459 g/mol. The molecule has 174 valence electrons. The van der Waals surface area contributed by atoms with Crippen LogP contribution < -0.4 is 9.62 Å². The van der Waals surface area contributed by atoms with Crippen LogP contribution in [0.3, 0.4) is 0 Å². The van der Waals surface area contributed by atoms with E-state index in [0.717, 1.165) is 22.9 Å². The Morgan fingerprint density at radius 1 is 1.03 bits per heavy atom. The highest BCUT2D eigenvalue weighted by molar-refractivity contribution is 7.92. The van der Waals surface area contributed by atoms with E-state index in [-0.39, 0.29) is 24.8 Å². The largest absolute Gasteiger partial charge is 0.357 e. The molecule has 2 amide bonds. The molecule has 0 aliphatic heterocycles. The Bertz CT molecular complexity index is 1040. The van der Waals surface area contributed by atoms with Crippen molar-refractivity contribution in [3.05, 3.63) is 65.2 Å². The first-order valence-electron chi connectivity index (χ1n) is 10.6. The van der Waals surface area contributed by atoms with E-state index in [1.165, 1.54) is 4.31 Å². The van der Waals surface area contributed by atoms with Crippen LogP contribution in [0, 0.1) is 13.8 Å². The molecule has 32 heavy (non-hydrogen) atoms. The fourth-order valence-electron chi connectivity index (χ4n) is 3.47. The second-order valence-corrected chi connectivity index (χ2v) is 9.98. The molecule has 0 bridgehead atoms. The number of likely N-dealkylation sites (N-methyl/N-ethyl adjacent to an activating group) is 1. The van der Waals surface area contributed by atoms with Gasteiger partial charge in [-0.25, -0.2) is 8.42 Å². The first-order chi connectivity index (χ1) is 15.0. The zero-order valence-electron chi connectivity index (χ0n) is 19.5. The van der Waals surface area contributed by atoms with E-state index >= 15 is 0 Å². The molecule has 1 atom stereocenters. The Hall–Kier alpha value is -2.87. The molecule has 0 saturated heterocycles. The molecule has 0 unspecified atom stereocenters. The lowest BCUT2D eigenvalue weighted by Crippen LogP contribution is -2.46. The average Bonchev–Trinajstić information content (AvgIpc) is 2.74. The van der Waals surface area contributed by atoms with Gasteiger partial charge in [0.2, 0.25) is 21.8 Å². The van der Waals surface area contributed by atoms with Gasteiger partial charge in [-0.05, 0) is 50.5 Å². The second-order valence-electron chi connectivity index (χ2n) is 8.08. The number of carbonyl (C=O) groups excluding carboxylic acids is 2. The summed E-state index contributed by atoms with van der Waals surface area (Å²) in [5.74, 6) is -0.442. The van der Waals surface area contributed by atoms with Crippen molar-refractivity contribution in [1.29, 1.82) is 0 Å². The predicted molar refractivity (Wildman–Crippen MR) is 128 cm³/mol. The molecule has 2 aromatic rings. The summed E-state index contributed by atoms with van der Waals surface area (Å²) in [7, 11) is -1.95. The molecule has 2 rings (SSSR count). The van der Waals surface area contributed by atoms with Crippen molar-refractivity contribution in [2.45, 2.75) is 46.2 Å². The van der Waals surface area contributed by atoms with Crippen LogP contribution in [0.4, 0.5) is 5.69 Å². The maximum atomic E-state index is 13.1. The minimum absolute atomic E-state index is 0.130. The quantitative estimate of drug-likeness (QED) is 0.592. The van der Waals surface area contributed by atoms with Gasteiger partial charge < -0.3 is 10.2 Å². The zero-order chi connectivity index (χ0) is 23.9. The molecule has 0 fully saturated rings. The Labute approximate surface area is 191 Å². The summed E-state index contributed by atoms with van der Waals surface area (Å²) in [6.45, 7) is 6.07. The van der Waals surface area contributed by atoms with Crippen LogP contribution in [0.2, 0.25) is 0 Å². The van der Waals surface area contributed by atoms with Crippen LogP contribution in [0.1, 0.15) is 36.5 Å². The minimum Gasteiger partial charge on any atom is -0.357 e. The van der Waals surface area contributed by atoms with Crippen LogP contribution in [0.15, 0.2) is 48.5 Å². The number of anilines is 1. The molecule has 7 nitrogen and oxygen atoms in total. The SMILES string of the molecule is CNC(=O)[C@@H](C)N(Cc1ccc(C)cc1)C(=O)CCCN(c1cccc(C)c1)S(C)(=O)=O. The smallest absolute Gasteiger partial charge is 0.242 e. The maximum Gasteiger partial charge on any atom is 0.242 e. The van der Waals surface area contributed by atoms with Crippen molar-refractivity contribution in [2.75, 3.05) is 24.2 Å². The molecule has 1 N–H and O–H groups in total. The van der Waals surface area contributed by atoms with Crippen LogP contribution in [-0.4, -0.2) is 51.0 Å². The highest BCUT2D eigenvalue weighted by Crippen LogP contribution is 2.20. The lowest BCUT2D eigenvalue weighted by Gasteiger charge is -2.29. The van der Waals surface area contributed by atoms with Gasteiger partial charge in [-0.2, -0.15) is 0 Å². The summed E-state index contributed by atoms with van der Waals surface area (Å²) >= 11 is 0. The number of hydrogen-bond donors (Lipinski definition) is 1. The van der Waals surface area contributed by atoms with E-state index in [4.69, 9.17) is 0 Å². The van der Waals surface area contributed by atoms with Gasteiger partial charge >= 0.3 is 0 Å². The number of nitrogens with one attached hydrogen (secondary N) is 1. The number of rotatable bonds is 10. The molecule has 0 heterocycles. The van der Waals surface area contributed by atoms with Gasteiger partial charge in [0.15, 0.2) is 0 Å². The van der Waals surface area contributed by atoms with Gasteiger partial charge in [-0.15, -0.1) is 0 Å². The molecule has 0 aliphatic rings. The second kappa shape index (κ2) is 11.1. The number of aryl methyl sites for hydroxylation is 2. The van der Waals surface area contributed by atoms with Crippen molar-refractivity contribution >= 4 is 27.5 Å². The topological polar surface area (TPSA) is 86.8 Å². The third kappa shape index (κ3) is 7.09. The van der Waals surface area contributed by atoms with E-state index in [2.05, 4.69) is 5.32 Å².